The van der Waals surface area contributed by atoms with Crippen LogP contribution in [0.5, 0.6) is 0 Å². The Labute approximate surface area is 388 Å². The van der Waals surface area contributed by atoms with E-state index in [1.165, 1.54) is 22.3 Å². The van der Waals surface area contributed by atoms with Crippen LogP contribution in [0.4, 0.5) is 0 Å². The van der Waals surface area contributed by atoms with E-state index in [-0.39, 0.29) is 35.6 Å². The van der Waals surface area contributed by atoms with Crippen molar-refractivity contribution in [2.24, 2.45) is 5.92 Å². The highest BCUT2D eigenvalue weighted by molar-refractivity contribution is 6.05. The van der Waals surface area contributed by atoms with E-state index in [2.05, 4.69) is 189 Å². The Bertz CT molecular complexity index is 3060. The van der Waals surface area contributed by atoms with Gasteiger partial charge >= 0.3 is 0 Å². The molecule has 0 radical (unpaired) electrons. The summed E-state index contributed by atoms with van der Waals surface area (Å²) in [5.74, 6) is 0.243. The van der Waals surface area contributed by atoms with Crippen LogP contribution in [0.1, 0.15) is 101 Å². The molecule has 0 saturated carbocycles. The molecular formula is C61H64N4. The van der Waals surface area contributed by atoms with Gasteiger partial charge < -0.3 is 9.97 Å². The number of H-pyrrole nitrogens is 2. The third-order valence-corrected chi connectivity index (χ3v) is 11.7. The van der Waals surface area contributed by atoms with Gasteiger partial charge in [0.05, 0.1) is 22.8 Å². The smallest absolute Gasteiger partial charge is 0.0737 e. The van der Waals surface area contributed by atoms with E-state index in [9.17, 15) is 0 Å². The van der Waals surface area contributed by atoms with Crippen molar-refractivity contribution in [2.45, 2.75) is 55.9 Å². The molecule has 1 atom stereocenters. The number of aromatic nitrogens is 4. The zero-order valence-corrected chi connectivity index (χ0v) is 34.6. The predicted octanol–water partition coefficient (Wildman–Crippen LogP) is 17.3. The summed E-state index contributed by atoms with van der Waals surface area (Å²) in [6.45, 7) is 19.6. The average molecular weight is 853 g/mol. The highest BCUT2D eigenvalue weighted by Gasteiger charge is 2.22. The third kappa shape index (κ3) is 9.68. The highest BCUT2D eigenvalue weighted by atomic mass is 14.8. The minimum absolute atomic E-state index is 0. The van der Waals surface area contributed by atoms with Gasteiger partial charge in [-0.05, 0) is 96.0 Å². The molecule has 0 amide bonds. The molecule has 8 bridgehead atoms. The number of rotatable bonds is 8. The van der Waals surface area contributed by atoms with Crippen LogP contribution in [0.3, 0.4) is 0 Å². The number of nitrogens with zero attached hydrogens (tertiary/aromatic N) is 2. The van der Waals surface area contributed by atoms with Crippen molar-refractivity contribution in [3.63, 3.8) is 0 Å². The van der Waals surface area contributed by atoms with Gasteiger partial charge in [-0.2, -0.15) is 0 Å². The first-order valence-corrected chi connectivity index (χ1v) is 20.9. The minimum Gasteiger partial charge on any atom is -0.354 e. The van der Waals surface area contributed by atoms with E-state index in [0.29, 0.717) is 0 Å². The zero-order chi connectivity index (χ0) is 41.9. The summed E-state index contributed by atoms with van der Waals surface area (Å²) in [7, 11) is 0. The molecule has 4 nitrogen and oxygen atoms in total. The maximum absolute atomic E-state index is 5.44. The summed E-state index contributed by atoms with van der Waals surface area (Å²) in [5, 5.41) is 0. The molecule has 4 heteroatoms. The standard InChI is InChI=1S/C57H48N4.4CH4/c1-6-42-46(29-38-22-13-10-14-23-38)54-34-52-44(8-3)48(31-40-26-17-12-18-27-40)56(60-52)36-57-49(32-41-28-20-19-21-37(41)5)45(9-4)53(61-57)35-55-47(30-39-24-15-11-16-25-39)43(7-2)51(59-55)33-50(42)58-54;;;;/h6-22,24,26,28-37,58,61H,1-4,23,25,27H2,5H3;4*1H4/b38-29-,39-30-,40-31-,41-32-,50-33?,51-33?,52-34?,53-35?,54-34?,55-35?,56-36?,57-36?;;;;. The topological polar surface area (TPSA) is 57.4 Å². The normalized spacial score (nSPS) is 19.3. The number of hydrogen-bond acceptors (Lipinski definition) is 2. The quantitative estimate of drug-likeness (QED) is 0.237. The Morgan fingerprint density at radius 3 is 1.22 bits per heavy atom. The largest absolute Gasteiger partial charge is 0.354 e. The summed E-state index contributed by atoms with van der Waals surface area (Å²) in [6.07, 6.45) is 53.5. The second-order valence-electron chi connectivity index (χ2n) is 15.7. The SMILES string of the molecule is C.C.C.C.C=CC1=C(/C=C2/C=CC=CC2)c2cc3[nH]c(cc4nc(cc5[nH]c(cc1n2)c(C=C)c5/C=C1/C=CC=CC1)C(C=C)=C4/C=C1/C=CC=CC1)c(/C=C1/C=CC=CC1C)c3C=C. The summed E-state index contributed by atoms with van der Waals surface area (Å²) in [5.41, 5.74) is 19.7. The number of aromatic amines is 2. The van der Waals surface area contributed by atoms with Crippen LogP contribution < -0.4 is 0 Å². The molecule has 3 aromatic heterocycles. The Morgan fingerprint density at radius 1 is 0.446 bits per heavy atom. The van der Waals surface area contributed by atoms with Crippen molar-refractivity contribution in [2.75, 3.05) is 0 Å². The van der Waals surface area contributed by atoms with E-state index < -0.39 is 0 Å². The van der Waals surface area contributed by atoms with Crippen LogP contribution in [0, 0.1) is 5.92 Å². The first-order valence-electron chi connectivity index (χ1n) is 20.9. The molecule has 2 N–H and O–H groups in total. The lowest BCUT2D eigenvalue weighted by Crippen LogP contribution is -1.96. The average Bonchev–Trinajstić information content (AvgIpc) is 3.99. The Balaban J connectivity index is 0.00000198. The number of allylic oxidation sites excluding steroid dienone is 28. The zero-order valence-electron chi connectivity index (χ0n) is 34.6. The fourth-order valence-electron chi connectivity index (χ4n) is 8.59. The van der Waals surface area contributed by atoms with Gasteiger partial charge in [-0.3, -0.25) is 0 Å². The van der Waals surface area contributed by atoms with Gasteiger partial charge in [-0.1, -0.05) is 184 Å². The van der Waals surface area contributed by atoms with Gasteiger partial charge in [0.2, 0.25) is 0 Å². The fraction of sp³-hybridized carbons (Fsp3) is 0.148. The molecule has 0 fully saturated rings. The van der Waals surface area contributed by atoms with Gasteiger partial charge in [0.15, 0.2) is 0 Å². The van der Waals surface area contributed by atoms with E-state index in [1.54, 1.807) is 0 Å². The van der Waals surface area contributed by atoms with E-state index in [0.717, 1.165) is 109 Å². The molecule has 6 aliphatic rings. The van der Waals surface area contributed by atoms with Gasteiger partial charge in [0, 0.05) is 66.6 Å². The Kier molecular flexibility index (Phi) is 15.8. The number of hydrogen-bond donors (Lipinski definition) is 2. The predicted molar refractivity (Wildman–Crippen MR) is 290 cm³/mol. The minimum atomic E-state index is 0. The van der Waals surface area contributed by atoms with Crippen LogP contribution in [-0.2, 0) is 0 Å². The van der Waals surface area contributed by atoms with E-state index in [1.807, 2.05) is 24.3 Å². The fourth-order valence-corrected chi connectivity index (χ4v) is 8.59. The van der Waals surface area contributed by atoms with Crippen molar-refractivity contribution in [3.05, 3.63) is 239 Å². The number of fused-ring (bicyclic) bond motifs is 8. The van der Waals surface area contributed by atoms with E-state index in [4.69, 9.17) is 9.97 Å². The van der Waals surface area contributed by atoms with Crippen LogP contribution >= 0.6 is 0 Å². The number of nitrogens with one attached hydrogen (secondary N) is 2. The maximum atomic E-state index is 5.44. The summed E-state index contributed by atoms with van der Waals surface area (Å²) in [6, 6.07) is 8.62. The lowest BCUT2D eigenvalue weighted by Gasteiger charge is -2.11. The molecule has 0 saturated heterocycles. The van der Waals surface area contributed by atoms with Crippen LogP contribution in [0.15, 0.2) is 194 Å². The van der Waals surface area contributed by atoms with E-state index >= 15 is 0 Å². The lowest BCUT2D eigenvalue weighted by molar-refractivity contribution is 0.891. The molecule has 0 spiro atoms. The lowest BCUT2D eigenvalue weighted by atomic mass is 9.93. The third-order valence-electron chi connectivity index (χ3n) is 11.7. The Hall–Kier alpha value is -7.56. The van der Waals surface area contributed by atoms with Gasteiger partial charge in [0.25, 0.3) is 0 Å². The van der Waals surface area contributed by atoms with Crippen LogP contribution in [-0.4, -0.2) is 19.9 Å². The van der Waals surface area contributed by atoms with Crippen molar-refractivity contribution in [1.82, 2.24) is 19.9 Å². The molecule has 5 heterocycles. The monoisotopic (exact) mass is 853 g/mol. The molecule has 328 valence electrons. The van der Waals surface area contributed by atoms with Gasteiger partial charge in [-0.15, -0.1) is 0 Å². The first-order chi connectivity index (χ1) is 29.9. The molecule has 9 rings (SSSR count). The molecule has 1 unspecified atom stereocenters. The Morgan fingerprint density at radius 2 is 0.831 bits per heavy atom. The van der Waals surface area contributed by atoms with Crippen molar-refractivity contribution >= 4 is 68.7 Å². The van der Waals surface area contributed by atoms with Crippen molar-refractivity contribution in [1.29, 1.82) is 0 Å². The van der Waals surface area contributed by atoms with Crippen LogP contribution in [0.25, 0.3) is 68.7 Å². The molecule has 65 heavy (non-hydrogen) atoms. The summed E-state index contributed by atoms with van der Waals surface area (Å²) < 4.78 is 0. The van der Waals surface area contributed by atoms with Crippen LogP contribution in [0.2, 0.25) is 0 Å². The second-order valence-corrected chi connectivity index (χ2v) is 15.7. The molecule has 4 aliphatic carbocycles. The first kappa shape index (κ1) is 48.5. The highest BCUT2D eigenvalue weighted by Crippen LogP contribution is 2.39. The molecular weight excluding hydrogens is 789 g/mol. The summed E-state index contributed by atoms with van der Waals surface area (Å²) in [4.78, 5) is 18.5. The summed E-state index contributed by atoms with van der Waals surface area (Å²) >= 11 is 0. The second kappa shape index (κ2) is 21.2. The van der Waals surface area contributed by atoms with Gasteiger partial charge in [0.1, 0.15) is 0 Å². The van der Waals surface area contributed by atoms with Gasteiger partial charge in [-0.25, -0.2) is 9.97 Å². The molecule has 2 aliphatic heterocycles. The molecule has 0 aromatic carbocycles. The molecule has 3 aromatic rings. The van der Waals surface area contributed by atoms with Crippen molar-refractivity contribution in [3.8, 4) is 0 Å². The maximum Gasteiger partial charge on any atom is 0.0737 e. The van der Waals surface area contributed by atoms with Crippen molar-refractivity contribution < 1.29 is 0 Å².